The minimum absolute atomic E-state index is 0. The van der Waals surface area contributed by atoms with Crippen LogP contribution in [-0.4, -0.2) is 46.3 Å². The molecule has 2 aromatic carbocycles. The molecule has 0 aromatic heterocycles. The summed E-state index contributed by atoms with van der Waals surface area (Å²) in [6.45, 7) is 2.68. The van der Waals surface area contributed by atoms with Gasteiger partial charge in [0.15, 0.2) is 0 Å². The van der Waals surface area contributed by atoms with Gasteiger partial charge in [0, 0.05) is 43.9 Å². The van der Waals surface area contributed by atoms with E-state index >= 15 is 0 Å². The second kappa shape index (κ2) is 9.04. The molecule has 8 nitrogen and oxygen atoms in total. The van der Waals surface area contributed by atoms with Crippen molar-refractivity contribution in [2.75, 3.05) is 26.7 Å². The first kappa shape index (κ1) is 23.0. The first-order valence-corrected chi connectivity index (χ1v) is 8.91. The van der Waals surface area contributed by atoms with Gasteiger partial charge in [0.1, 0.15) is 0 Å². The molecule has 0 radical (unpaired) electrons. The fraction of sp³-hybridized carbons (Fsp3) is 0.368. The smallest absolute Gasteiger partial charge is 0.269 e. The van der Waals surface area contributed by atoms with E-state index < -0.39 is 4.92 Å². The van der Waals surface area contributed by atoms with E-state index in [1.807, 2.05) is 13.1 Å². The Bertz CT molecular complexity index is 910. The van der Waals surface area contributed by atoms with Gasteiger partial charge in [0.25, 0.3) is 11.4 Å². The van der Waals surface area contributed by atoms with Gasteiger partial charge in [-0.2, -0.15) is 0 Å². The van der Waals surface area contributed by atoms with Gasteiger partial charge in [0.05, 0.1) is 21.9 Å². The van der Waals surface area contributed by atoms with E-state index in [9.17, 15) is 20.2 Å². The fourth-order valence-corrected chi connectivity index (χ4v) is 4.32. The molecular formula is C19H22Cl2N4O4. The summed E-state index contributed by atoms with van der Waals surface area (Å²) >= 11 is 0. The lowest BCUT2D eigenvalue weighted by atomic mass is 9.83. The third-order valence-electron chi connectivity index (χ3n) is 5.68. The summed E-state index contributed by atoms with van der Waals surface area (Å²) in [6.07, 6.45) is 0.876. The van der Waals surface area contributed by atoms with Crippen molar-refractivity contribution in [1.29, 1.82) is 0 Å². The Morgan fingerprint density at radius 3 is 2.10 bits per heavy atom. The molecule has 29 heavy (non-hydrogen) atoms. The summed E-state index contributed by atoms with van der Waals surface area (Å²) in [4.78, 5) is 26.1. The number of rotatable bonds is 3. The lowest BCUT2D eigenvalue weighted by molar-refractivity contribution is -0.385. The van der Waals surface area contributed by atoms with Gasteiger partial charge >= 0.3 is 0 Å². The zero-order valence-corrected chi connectivity index (χ0v) is 17.4. The van der Waals surface area contributed by atoms with Crippen molar-refractivity contribution in [3.63, 3.8) is 0 Å². The van der Waals surface area contributed by atoms with Gasteiger partial charge in [-0.1, -0.05) is 18.2 Å². The number of benzene rings is 2. The Morgan fingerprint density at radius 1 is 0.862 bits per heavy atom. The highest BCUT2D eigenvalue weighted by Crippen LogP contribution is 2.45. The third-order valence-corrected chi connectivity index (χ3v) is 5.68. The van der Waals surface area contributed by atoms with Gasteiger partial charge in [0.2, 0.25) is 0 Å². The van der Waals surface area contributed by atoms with Crippen molar-refractivity contribution < 1.29 is 9.85 Å². The fourth-order valence-electron chi connectivity index (χ4n) is 4.32. The number of nitro groups is 2. The Morgan fingerprint density at radius 2 is 1.48 bits per heavy atom. The molecule has 0 N–H and O–H groups in total. The van der Waals surface area contributed by atoms with Crippen LogP contribution in [0.4, 0.5) is 11.4 Å². The Labute approximate surface area is 180 Å². The summed E-state index contributed by atoms with van der Waals surface area (Å²) in [5.74, 6) is 0. The number of fused-ring (bicyclic) bond motifs is 3. The minimum Gasteiger partial charge on any atom is -0.296 e. The maximum atomic E-state index is 11.3. The van der Waals surface area contributed by atoms with Crippen LogP contribution in [-0.2, 0) is 6.42 Å². The van der Waals surface area contributed by atoms with Crippen LogP contribution in [0.3, 0.4) is 0 Å². The molecule has 1 fully saturated rings. The molecule has 2 atom stereocenters. The number of halogens is 2. The Balaban J connectivity index is 0.00000150. The van der Waals surface area contributed by atoms with E-state index in [4.69, 9.17) is 0 Å². The molecule has 10 heteroatoms. The number of piperazine rings is 1. The minimum atomic E-state index is -0.403. The maximum absolute atomic E-state index is 11.3. The SMILES string of the molecule is CN1CCN2CCc3ccc([N+](=O)[O-])cc3[C@H]2[C@@H]1c1ccc([N+](=O)[O-])cc1.Cl.Cl. The molecule has 0 amide bonds. The zero-order chi connectivity index (χ0) is 19.1. The first-order valence-electron chi connectivity index (χ1n) is 8.91. The van der Waals surface area contributed by atoms with Crippen molar-refractivity contribution in [1.82, 2.24) is 9.80 Å². The maximum Gasteiger partial charge on any atom is 0.269 e. The van der Waals surface area contributed by atoms with E-state index in [1.165, 1.54) is 12.1 Å². The van der Waals surface area contributed by atoms with Gasteiger partial charge in [-0.25, -0.2) is 0 Å². The average Bonchev–Trinajstić information content (AvgIpc) is 2.67. The monoisotopic (exact) mass is 440 g/mol. The van der Waals surface area contributed by atoms with Gasteiger partial charge < -0.3 is 0 Å². The van der Waals surface area contributed by atoms with Crippen molar-refractivity contribution in [2.24, 2.45) is 0 Å². The van der Waals surface area contributed by atoms with Gasteiger partial charge in [-0.05, 0) is 30.2 Å². The summed E-state index contributed by atoms with van der Waals surface area (Å²) in [5.41, 5.74) is 3.28. The van der Waals surface area contributed by atoms with Crippen molar-refractivity contribution >= 4 is 36.2 Å². The molecule has 4 rings (SSSR count). The second-order valence-electron chi connectivity index (χ2n) is 7.15. The molecule has 2 aliphatic rings. The van der Waals surface area contributed by atoms with E-state index in [1.54, 1.807) is 24.3 Å². The molecule has 0 bridgehead atoms. The van der Waals surface area contributed by atoms with Crippen LogP contribution in [0.2, 0.25) is 0 Å². The van der Waals surface area contributed by atoms with Crippen LogP contribution in [0.15, 0.2) is 42.5 Å². The molecule has 0 saturated carbocycles. The van der Waals surface area contributed by atoms with Gasteiger partial charge in [-0.3, -0.25) is 30.0 Å². The molecule has 2 aromatic rings. The predicted octanol–water partition coefficient (Wildman–Crippen LogP) is 3.93. The zero-order valence-electron chi connectivity index (χ0n) is 15.8. The number of non-ortho nitro benzene ring substituents is 2. The lowest BCUT2D eigenvalue weighted by Gasteiger charge is -2.49. The summed E-state index contributed by atoms with van der Waals surface area (Å²) in [5, 5.41) is 22.3. The summed E-state index contributed by atoms with van der Waals surface area (Å²) in [7, 11) is 2.04. The van der Waals surface area contributed by atoms with E-state index in [0.717, 1.165) is 42.7 Å². The van der Waals surface area contributed by atoms with Crippen LogP contribution in [0.5, 0.6) is 0 Å². The average molecular weight is 441 g/mol. The first-order chi connectivity index (χ1) is 13.0. The van der Waals surface area contributed by atoms with Crippen molar-refractivity contribution in [2.45, 2.75) is 18.5 Å². The Hall–Kier alpha value is -2.26. The quantitative estimate of drug-likeness (QED) is 0.529. The highest BCUT2D eigenvalue weighted by atomic mass is 35.5. The topological polar surface area (TPSA) is 92.8 Å². The number of nitrogens with zero attached hydrogens (tertiary/aromatic N) is 4. The predicted molar refractivity (Wildman–Crippen MR) is 114 cm³/mol. The van der Waals surface area contributed by atoms with Crippen LogP contribution >= 0.6 is 24.8 Å². The normalized spacial score (nSPS) is 21.1. The molecule has 0 spiro atoms. The summed E-state index contributed by atoms with van der Waals surface area (Å²) in [6, 6.07) is 11.8. The molecule has 2 aliphatic heterocycles. The number of hydrogen-bond acceptors (Lipinski definition) is 6. The lowest BCUT2D eigenvalue weighted by Crippen LogP contribution is -2.51. The van der Waals surface area contributed by atoms with E-state index in [0.29, 0.717) is 0 Å². The second-order valence-corrected chi connectivity index (χ2v) is 7.15. The third kappa shape index (κ3) is 4.20. The largest absolute Gasteiger partial charge is 0.296 e. The Kier molecular flexibility index (Phi) is 7.18. The molecule has 0 unspecified atom stereocenters. The number of hydrogen-bond donors (Lipinski definition) is 0. The van der Waals surface area contributed by atoms with Gasteiger partial charge in [-0.15, -0.1) is 24.8 Å². The van der Waals surface area contributed by atoms with Crippen molar-refractivity contribution in [3.05, 3.63) is 79.4 Å². The molecule has 0 aliphatic carbocycles. The number of nitro benzene ring substituents is 2. The molecular weight excluding hydrogens is 419 g/mol. The van der Waals surface area contributed by atoms with Crippen LogP contribution < -0.4 is 0 Å². The molecule has 2 heterocycles. The van der Waals surface area contributed by atoms with Crippen LogP contribution in [0, 0.1) is 20.2 Å². The molecule has 1 saturated heterocycles. The van der Waals surface area contributed by atoms with E-state index in [-0.39, 0.29) is 53.2 Å². The number of likely N-dealkylation sites (N-methyl/N-ethyl adjacent to an activating group) is 1. The highest BCUT2D eigenvalue weighted by molar-refractivity contribution is 5.85. The summed E-state index contributed by atoms with van der Waals surface area (Å²) < 4.78 is 0. The van der Waals surface area contributed by atoms with Crippen LogP contribution in [0.1, 0.15) is 28.8 Å². The highest BCUT2D eigenvalue weighted by Gasteiger charge is 2.40. The van der Waals surface area contributed by atoms with Crippen molar-refractivity contribution in [3.8, 4) is 0 Å². The van der Waals surface area contributed by atoms with Crippen LogP contribution in [0.25, 0.3) is 0 Å². The standard InChI is InChI=1S/C19H20N4O4.2ClH/c1-20-10-11-21-9-8-13-2-7-16(23(26)27)12-17(13)19(21)18(20)14-3-5-15(6-4-14)22(24)25;;/h2-7,12,18-19H,8-11H2,1H3;2*1H/t18-,19-;;/m0../s1. The molecule has 156 valence electrons. The van der Waals surface area contributed by atoms with E-state index in [2.05, 4.69) is 9.80 Å².